The van der Waals surface area contributed by atoms with Gasteiger partial charge >= 0.3 is 5.97 Å². The number of rotatable bonds is 7. The van der Waals surface area contributed by atoms with Crippen LogP contribution in [0.2, 0.25) is 0 Å². The number of amides is 1. The van der Waals surface area contributed by atoms with Crippen LogP contribution < -0.4 is 5.73 Å². The van der Waals surface area contributed by atoms with Crippen LogP contribution in [0.4, 0.5) is 0 Å². The van der Waals surface area contributed by atoms with E-state index >= 15 is 0 Å². The van der Waals surface area contributed by atoms with Crippen LogP contribution >= 0.6 is 0 Å². The Bertz CT molecular complexity index is 288. The Morgan fingerprint density at radius 2 is 2.00 bits per heavy atom. The molecule has 1 unspecified atom stereocenters. The highest BCUT2D eigenvalue weighted by Crippen LogP contribution is 2.25. The lowest BCUT2D eigenvalue weighted by molar-refractivity contribution is -0.145. The molecule has 5 nitrogen and oxygen atoms in total. The van der Waals surface area contributed by atoms with Crippen molar-refractivity contribution in [3.05, 3.63) is 0 Å². The van der Waals surface area contributed by atoms with Gasteiger partial charge in [0, 0.05) is 12.1 Å². The summed E-state index contributed by atoms with van der Waals surface area (Å²) in [4.78, 5) is 24.7. The number of nitrogens with two attached hydrogens (primary N) is 1. The fraction of sp³-hybridized carbons (Fsp3) is 0.846. The van der Waals surface area contributed by atoms with E-state index in [2.05, 4.69) is 4.90 Å². The molecule has 1 amide bonds. The van der Waals surface area contributed by atoms with Gasteiger partial charge in [-0.25, -0.2) is 0 Å². The van der Waals surface area contributed by atoms with Crippen molar-refractivity contribution >= 4 is 11.9 Å². The molecule has 0 saturated heterocycles. The molecule has 0 bridgehead atoms. The van der Waals surface area contributed by atoms with Crippen molar-refractivity contribution < 1.29 is 14.3 Å². The Labute approximate surface area is 109 Å². The van der Waals surface area contributed by atoms with Crippen molar-refractivity contribution in [3.63, 3.8) is 0 Å². The van der Waals surface area contributed by atoms with E-state index in [9.17, 15) is 9.59 Å². The predicted octanol–water partition coefficient (Wildman–Crippen LogP) is 1.06. The summed E-state index contributed by atoms with van der Waals surface area (Å²) < 4.78 is 4.95. The van der Waals surface area contributed by atoms with Crippen LogP contribution in [0.3, 0.4) is 0 Å². The van der Waals surface area contributed by atoms with Gasteiger partial charge in [0.15, 0.2) is 0 Å². The highest BCUT2D eigenvalue weighted by molar-refractivity contribution is 5.76. The first kappa shape index (κ1) is 15.0. The third-order valence-electron chi connectivity index (χ3n) is 3.47. The Morgan fingerprint density at radius 3 is 2.50 bits per heavy atom. The van der Waals surface area contributed by atoms with Gasteiger partial charge in [-0.15, -0.1) is 0 Å². The smallest absolute Gasteiger partial charge is 0.307 e. The van der Waals surface area contributed by atoms with Crippen molar-refractivity contribution in [2.75, 3.05) is 13.2 Å². The number of carbonyl (C=O) groups is 2. The average molecular weight is 256 g/mol. The van der Waals surface area contributed by atoms with E-state index in [-0.39, 0.29) is 24.5 Å². The van der Waals surface area contributed by atoms with Gasteiger partial charge in [0.2, 0.25) is 5.91 Å². The van der Waals surface area contributed by atoms with E-state index in [1.807, 2.05) is 6.92 Å². The molecule has 0 aromatic rings. The molecule has 0 spiro atoms. The van der Waals surface area contributed by atoms with Crippen LogP contribution in [-0.2, 0) is 14.3 Å². The third-order valence-corrected chi connectivity index (χ3v) is 3.47. The van der Waals surface area contributed by atoms with Crippen LogP contribution in [0.25, 0.3) is 0 Å². The lowest BCUT2D eigenvalue weighted by Gasteiger charge is -2.32. The molecular formula is C13H24N2O3. The number of carbonyl (C=O) groups excluding carboxylic acids is 2. The monoisotopic (exact) mass is 256 g/mol. The minimum atomic E-state index is -0.336. The van der Waals surface area contributed by atoms with Crippen LogP contribution in [0.1, 0.15) is 46.0 Å². The molecule has 0 heterocycles. The lowest BCUT2D eigenvalue weighted by Crippen LogP contribution is -2.46. The topological polar surface area (TPSA) is 72.6 Å². The summed E-state index contributed by atoms with van der Waals surface area (Å²) in [5.41, 5.74) is 5.29. The van der Waals surface area contributed by atoms with Crippen LogP contribution in [0, 0.1) is 0 Å². The van der Waals surface area contributed by atoms with Crippen molar-refractivity contribution in [2.45, 2.75) is 58.0 Å². The number of hydrogen-bond donors (Lipinski definition) is 1. The van der Waals surface area contributed by atoms with E-state index in [4.69, 9.17) is 10.5 Å². The molecule has 0 aromatic carbocycles. The first-order valence-corrected chi connectivity index (χ1v) is 6.74. The van der Waals surface area contributed by atoms with Gasteiger partial charge < -0.3 is 10.5 Å². The Morgan fingerprint density at radius 1 is 1.39 bits per heavy atom. The molecule has 0 aromatic heterocycles. The van der Waals surface area contributed by atoms with Gasteiger partial charge in [-0.05, 0) is 26.7 Å². The number of hydrogen-bond acceptors (Lipinski definition) is 4. The van der Waals surface area contributed by atoms with Gasteiger partial charge in [0.1, 0.15) is 0 Å². The van der Waals surface area contributed by atoms with Crippen LogP contribution in [-0.4, -0.2) is 42.0 Å². The summed E-state index contributed by atoms with van der Waals surface area (Å²) in [6, 6.07) is 0.376. The highest BCUT2D eigenvalue weighted by atomic mass is 16.5. The molecule has 18 heavy (non-hydrogen) atoms. The van der Waals surface area contributed by atoms with Gasteiger partial charge in [0.05, 0.1) is 19.6 Å². The SMILES string of the molecule is CCOC(=O)CC(C)N(CC(N)=O)C1CCCC1. The third kappa shape index (κ3) is 4.64. The standard InChI is InChI=1S/C13H24N2O3/c1-3-18-13(17)8-10(2)15(9-12(14)16)11-6-4-5-7-11/h10-11H,3-9H2,1-2H3,(H2,14,16). The second-order valence-corrected chi connectivity index (χ2v) is 4.94. The van der Waals surface area contributed by atoms with E-state index < -0.39 is 0 Å². The second-order valence-electron chi connectivity index (χ2n) is 4.94. The summed E-state index contributed by atoms with van der Waals surface area (Å²) in [6.07, 6.45) is 4.86. The Kier molecular flexibility index (Phi) is 6.12. The van der Waals surface area contributed by atoms with Gasteiger partial charge in [0.25, 0.3) is 0 Å². The Hall–Kier alpha value is -1.10. The van der Waals surface area contributed by atoms with E-state index in [1.165, 1.54) is 12.8 Å². The van der Waals surface area contributed by atoms with E-state index in [1.54, 1.807) is 6.92 Å². The molecule has 1 fully saturated rings. The maximum Gasteiger partial charge on any atom is 0.307 e. The summed E-state index contributed by atoms with van der Waals surface area (Å²) in [6.45, 7) is 4.37. The zero-order chi connectivity index (χ0) is 13.5. The van der Waals surface area contributed by atoms with Gasteiger partial charge in [-0.3, -0.25) is 14.5 Å². The van der Waals surface area contributed by atoms with E-state index in [0.717, 1.165) is 12.8 Å². The molecule has 2 N–H and O–H groups in total. The largest absolute Gasteiger partial charge is 0.466 e. The quantitative estimate of drug-likeness (QED) is 0.691. The first-order chi connectivity index (χ1) is 8.54. The summed E-state index contributed by atoms with van der Waals surface area (Å²) in [5, 5.41) is 0. The molecular weight excluding hydrogens is 232 g/mol. The highest BCUT2D eigenvalue weighted by Gasteiger charge is 2.28. The number of ether oxygens (including phenoxy) is 1. The fourth-order valence-corrected chi connectivity index (χ4v) is 2.64. The zero-order valence-electron chi connectivity index (χ0n) is 11.4. The zero-order valence-corrected chi connectivity index (χ0v) is 11.4. The van der Waals surface area contributed by atoms with Gasteiger partial charge in [-0.2, -0.15) is 0 Å². The molecule has 1 saturated carbocycles. The minimum Gasteiger partial charge on any atom is -0.466 e. The van der Waals surface area contributed by atoms with Crippen molar-refractivity contribution in [3.8, 4) is 0 Å². The molecule has 104 valence electrons. The number of nitrogens with zero attached hydrogens (tertiary/aromatic N) is 1. The lowest BCUT2D eigenvalue weighted by atomic mass is 10.1. The normalized spacial score (nSPS) is 17.9. The van der Waals surface area contributed by atoms with Crippen molar-refractivity contribution in [1.82, 2.24) is 4.90 Å². The number of primary amides is 1. The molecule has 1 rings (SSSR count). The second kappa shape index (κ2) is 7.36. The molecule has 1 atom stereocenters. The molecule has 1 aliphatic rings. The summed E-state index contributed by atoms with van der Waals surface area (Å²) in [5.74, 6) is -0.546. The molecule has 1 aliphatic carbocycles. The molecule has 0 aliphatic heterocycles. The van der Waals surface area contributed by atoms with Crippen molar-refractivity contribution in [1.29, 1.82) is 0 Å². The maximum atomic E-state index is 11.5. The van der Waals surface area contributed by atoms with Crippen LogP contribution in [0.5, 0.6) is 0 Å². The maximum absolute atomic E-state index is 11.5. The van der Waals surface area contributed by atoms with Crippen molar-refractivity contribution in [2.24, 2.45) is 5.73 Å². The van der Waals surface area contributed by atoms with E-state index in [0.29, 0.717) is 19.1 Å². The summed E-state index contributed by atoms with van der Waals surface area (Å²) >= 11 is 0. The minimum absolute atomic E-state index is 0.000324. The summed E-state index contributed by atoms with van der Waals surface area (Å²) in [7, 11) is 0. The molecule has 0 radical (unpaired) electrons. The number of esters is 1. The van der Waals surface area contributed by atoms with Gasteiger partial charge in [-0.1, -0.05) is 12.8 Å². The molecule has 5 heteroatoms. The fourth-order valence-electron chi connectivity index (χ4n) is 2.64. The van der Waals surface area contributed by atoms with Crippen LogP contribution in [0.15, 0.2) is 0 Å². The first-order valence-electron chi connectivity index (χ1n) is 6.74. The Balaban J connectivity index is 2.57. The average Bonchev–Trinajstić information content (AvgIpc) is 2.78. The predicted molar refractivity (Wildman–Crippen MR) is 68.9 cm³/mol.